The second kappa shape index (κ2) is 20.0. The molecule has 4 saturated heterocycles. The molecule has 73 heavy (non-hydrogen) atoms. The number of aromatic nitrogens is 4. The molecule has 0 unspecified atom stereocenters. The SMILES string of the molecule is CC(=O)N1CCc2c(c(N3CCCc4cc(-c5cnn(C)c5)c(C(F)F)cc43)nn2C2CCN(CC3CCN(C(=O)c4ccc(N5CCC6(CC5)C[C@H](C)N(c5ccc(C#N)c(Cl)c5)C6)cc4F)CC3)CC2)C1. The fraction of sp³-hybridized carbons (Fsp3) is 0.518. The summed E-state index contributed by atoms with van der Waals surface area (Å²) in [5, 5.41) is 19.4. The van der Waals surface area contributed by atoms with Crippen LogP contribution in [-0.4, -0.2) is 118 Å². The van der Waals surface area contributed by atoms with Crippen molar-refractivity contribution < 1.29 is 22.8 Å². The lowest BCUT2D eigenvalue weighted by Gasteiger charge is -2.40. The van der Waals surface area contributed by atoms with E-state index in [2.05, 4.69) is 42.4 Å². The van der Waals surface area contributed by atoms with E-state index in [0.29, 0.717) is 72.8 Å². The summed E-state index contributed by atoms with van der Waals surface area (Å²) in [6.07, 6.45) is 9.67. The highest BCUT2D eigenvalue weighted by molar-refractivity contribution is 6.32. The van der Waals surface area contributed by atoms with Crippen molar-refractivity contribution >= 4 is 46.3 Å². The highest BCUT2D eigenvalue weighted by Gasteiger charge is 2.44. The molecule has 1 spiro atoms. The Morgan fingerprint density at radius 3 is 2.37 bits per heavy atom. The predicted molar refractivity (Wildman–Crippen MR) is 277 cm³/mol. The molecule has 0 bridgehead atoms. The van der Waals surface area contributed by atoms with Crippen LogP contribution in [0.4, 0.5) is 36.1 Å². The van der Waals surface area contributed by atoms with Gasteiger partial charge in [-0.25, -0.2) is 13.2 Å². The summed E-state index contributed by atoms with van der Waals surface area (Å²) in [5.41, 5.74) is 7.70. The number of likely N-dealkylation sites (tertiary alicyclic amines) is 2. The standard InChI is InChI=1S/C56H65ClF3N11O2/c1-36-29-56(35-70(36)44-7-6-40(30-61)49(57)26-44)15-23-66(24-16-56)43-8-9-45(50(58)27-43)55(73)67-20-10-38(11-21-67)32-65-18-12-42(13-19-65)71-51-14-22-68(37(2)72)34-48(51)54(63-71)69-17-4-5-39-25-46(41-31-62-64(3)33-41)47(53(59)60)28-52(39)69/h6-9,25-28,31,33,36,38,42,53H,4-5,10-24,29,32,34-35H2,1-3H3/t36-/m0/s1. The first kappa shape index (κ1) is 49.2. The minimum Gasteiger partial charge on any atom is -0.371 e. The Morgan fingerprint density at radius 2 is 1.68 bits per heavy atom. The minimum atomic E-state index is -2.67. The number of aryl methyl sites for hydroxylation is 2. The molecule has 2 aromatic heterocycles. The number of nitriles is 1. The fourth-order valence-electron chi connectivity index (χ4n) is 13.2. The fourth-order valence-corrected chi connectivity index (χ4v) is 13.4. The number of nitrogens with zero attached hydrogens (tertiary/aromatic N) is 11. The lowest BCUT2D eigenvalue weighted by atomic mass is 9.76. The molecule has 0 saturated carbocycles. The van der Waals surface area contributed by atoms with Gasteiger partial charge in [-0.15, -0.1) is 0 Å². The largest absolute Gasteiger partial charge is 0.371 e. The molecule has 2 amide bonds. The Bertz CT molecular complexity index is 2940. The van der Waals surface area contributed by atoms with Crippen LogP contribution in [0.2, 0.25) is 5.02 Å². The summed E-state index contributed by atoms with van der Waals surface area (Å²) < 4.78 is 49.3. The smallest absolute Gasteiger partial charge is 0.264 e. The number of amides is 2. The molecule has 6 aliphatic heterocycles. The van der Waals surface area contributed by atoms with Crippen molar-refractivity contribution in [1.29, 1.82) is 5.26 Å². The maximum atomic E-state index is 15.9. The van der Waals surface area contributed by atoms with Gasteiger partial charge in [-0.2, -0.15) is 15.5 Å². The average Bonchev–Trinajstić information content (AvgIpc) is 4.10. The van der Waals surface area contributed by atoms with Gasteiger partial charge < -0.3 is 29.4 Å². The summed E-state index contributed by atoms with van der Waals surface area (Å²) in [5.74, 6) is 0.507. The van der Waals surface area contributed by atoms with Crippen LogP contribution in [0.5, 0.6) is 0 Å². The molecule has 3 aromatic carbocycles. The second-order valence-electron chi connectivity index (χ2n) is 21.8. The number of fused-ring (bicyclic) bond motifs is 2. The van der Waals surface area contributed by atoms with Crippen molar-refractivity contribution in [1.82, 2.24) is 34.3 Å². The van der Waals surface area contributed by atoms with Crippen molar-refractivity contribution in [2.75, 3.05) is 80.1 Å². The summed E-state index contributed by atoms with van der Waals surface area (Å²) in [7, 11) is 1.78. The number of halogens is 4. The first-order valence-electron chi connectivity index (χ1n) is 26.3. The number of carbonyl (C=O) groups excluding carboxylic acids is 2. The van der Waals surface area contributed by atoms with E-state index in [0.717, 1.165) is 137 Å². The first-order chi connectivity index (χ1) is 35.2. The molecule has 5 aromatic rings. The highest BCUT2D eigenvalue weighted by atomic mass is 35.5. The van der Waals surface area contributed by atoms with Gasteiger partial charge >= 0.3 is 0 Å². The molecule has 384 valence electrons. The number of hydrogen-bond donors (Lipinski definition) is 0. The molecule has 13 nitrogen and oxygen atoms in total. The van der Waals surface area contributed by atoms with Gasteiger partial charge in [0, 0.05) is 138 Å². The van der Waals surface area contributed by atoms with E-state index in [4.69, 9.17) is 16.7 Å². The molecule has 0 N–H and O–H groups in total. The van der Waals surface area contributed by atoms with Crippen molar-refractivity contribution in [3.63, 3.8) is 0 Å². The zero-order valence-corrected chi connectivity index (χ0v) is 42.9. The lowest BCUT2D eigenvalue weighted by molar-refractivity contribution is -0.129. The van der Waals surface area contributed by atoms with E-state index in [9.17, 15) is 23.6 Å². The van der Waals surface area contributed by atoms with Gasteiger partial charge in [-0.1, -0.05) is 11.6 Å². The van der Waals surface area contributed by atoms with Crippen LogP contribution in [0.15, 0.2) is 60.9 Å². The van der Waals surface area contributed by atoms with Gasteiger partial charge in [0.2, 0.25) is 5.91 Å². The van der Waals surface area contributed by atoms with E-state index in [1.165, 1.54) is 0 Å². The number of piperidine rings is 3. The van der Waals surface area contributed by atoms with Gasteiger partial charge in [-0.3, -0.25) is 19.0 Å². The Hall–Kier alpha value is -6.05. The number of alkyl halides is 2. The van der Waals surface area contributed by atoms with Crippen molar-refractivity contribution in [3.8, 4) is 17.2 Å². The molecule has 6 aliphatic rings. The molecule has 1 atom stereocenters. The highest BCUT2D eigenvalue weighted by Crippen LogP contribution is 2.47. The second-order valence-corrected chi connectivity index (χ2v) is 22.2. The molecule has 17 heteroatoms. The van der Waals surface area contributed by atoms with Crippen molar-refractivity contribution in [3.05, 3.63) is 105 Å². The van der Waals surface area contributed by atoms with Crippen LogP contribution in [0.1, 0.15) is 116 Å². The maximum Gasteiger partial charge on any atom is 0.264 e. The number of carbonyl (C=O) groups is 2. The van der Waals surface area contributed by atoms with Crippen molar-refractivity contribution in [2.45, 2.75) is 103 Å². The predicted octanol–water partition coefficient (Wildman–Crippen LogP) is 9.95. The van der Waals surface area contributed by atoms with Gasteiger partial charge in [0.25, 0.3) is 12.3 Å². The molecular weight excluding hydrogens is 951 g/mol. The molecule has 0 aliphatic carbocycles. The van der Waals surface area contributed by atoms with Gasteiger partial charge in [0.1, 0.15) is 11.9 Å². The number of rotatable bonds is 9. The third-order valence-electron chi connectivity index (χ3n) is 17.3. The summed E-state index contributed by atoms with van der Waals surface area (Å²) >= 11 is 6.40. The summed E-state index contributed by atoms with van der Waals surface area (Å²) in [4.78, 5) is 39.5. The van der Waals surface area contributed by atoms with Crippen LogP contribution >= 0.6 is 11.6 Å². The molecule has 4 fully saturated rings. The van der Waals surface area contributed by atoms with Crippen LogP contribution in [-0.2, 0) is 31.2 Å². The summed E-state index contributed by atoms with van der Waals surface area (Å²) in [6, 6.07) is 17.0. The van der Waals surface area contributed by atoms with E-state index in [-0.39, 0.29) is 34.4 Å². The molecule has 8 heterocycles. The quantitative estimate of drug-likeness (QED) is 0.142. The number of hydrogen-bond acceptors (Lipinski definition) is 9. The normalized spacial score (nSPS) is 20.8. The van der Waals surface area contributed by atoms with Crippen LogP contribution in [0.25, 0.3) is 11.1 Å². The third kappa shape index (κ3) is 9.56. The van der Waals surface area contributed by atoms with Crippen LogP contribution in [0.3, 0.4) is 0 Å². The molecule has 11 rings (SSSR count). The van der Waals surface area contributed by atoms with Crippen molar-refractivity contribution in [2.24, 2.45) is 18.4 Å². The monoisotopic (exact) mass is 1020 g/mol. The molecule has 0 radical (unpaired) electrons. The number of benzene rings is 3. The first-order valence-corrected chi connectivity index (χ1v) is 26.7. The Balaban J connectivity index is 0.694. The van der Waals surface area contributed by atoms with Gasteiger partial charge in [0.05, 0.1) is 34.9 Å². The lowest BCUT2D eigenvalue weighted by Crippen LogP contribution is -2.44. The number of anilines is 4. The Morgan fingerprint density at radius 1 is 0.918 bits per heavy atom. The van der Waals surface area contributed by atoms with Crippen LogP contribution in [0, 0.1) is 28.5 Å². The van der Waals surface area contributed by atoms with Gasteiger partial charge in [0.15, 0.2) is 5.82 Å². The van der Waals surface area contributed by atoms with E-state index in [1.807, 2.05) is 34.1 Å². The zero-order valence-electron chi connectivity index (χ0n) is 42.2. The van der Waals surface area contributed by atoms with E-state index in [1.54, 1.807) is 55.3 Å². The summed E-state index contributed by atoms with van der Waals surface area (Å²) in [6.45, 7) is 12.1. The Kier molecular flexibility index (Phi) is 13.5. The van der Waals surface area contributed by atoms with Gasteiger partial charge in [-0.05, 0) is 136 Å². The van der Waals surface area contributed by atoms with Crippen LogP contribution < -0.4 is 14.7 Å². The average molecular weight is 1020 g/mol. The minimum absolute atomic E-state index is 0.0119. The topological polar surface area (TPSA) is 113 Å². The van der Waals surface area contributed by atoms with E-state index >= 15 is 4.39 Å². The zero-order chi connectivity index (χ0) is 50.7. The third-order valence-corrected chi connectivity index (χ3v) is 17.6. The Labute approximate surface area is 431 Å². The molecular formula is C56H65ClF3N11O2. The van der Waals surface area contributed by atoms with E-state index < -0.39 is 12.2 Å². The maximum absolute atomic E-state index is 15.9.